The van der Waals surface area contributed by atoms with Gasteiger partial charge in [-0.15, -0.1) is 0 Å². The number of nitrogens with one attached hydrogen (secondary N) is 1. The SMILES string of the molecule is CSCC[C@H](NC(=O)[C@@H](N)C(C)C)C(=O)O[C@@H]1CC[C@@]2(C)[C@@H](CC[C@@H]3[C@@H]2CC[C@]2(C)[C@@H](C(C)=O)CC[C@@H]32)C1. The standard InChI is InChI=1S/C31H52N2O4S/c1-18(2)27(32)28(35)33-26(13-16-38-6)29(36)37-21-11-14-30(4)20(17-21)7-8-22-24-10-9-23(19(3)34)31(24,5)15-12-25(22)30/h18,20-27H,7-17,32H2,1-6H3,(H,33,35)/t20-,21+,22-,23+,24-,25-,26-,27-,30-,31+/m0/s1. The summed E-state index contributed by atoms with van der Waals surface area (Å²) in [5.74, 6) is 3.55. The Morgan fingerprint density at radius 2 is 1.68 bits per heavy atom. The average Bonchev–Trinajstić information content (AvgIpc) is 3.23. The molecule has 0 heterocycles. The van der Waals surface area contributed by atoms with Gasteiger partial charge in [0.25, 0.3) is 0 Å². The highest BCUT2D eigenvalue weighted by atomic mass is 32.2. The maximum Gasteiger partial charge on any atom is 0.328 e. The van der Waals surface area contributed by atoms with E-state index in [4.69, 9.17) is 10.5 Å². The van der Waals surface area contributed by atoms with Gasteiger partial charge in [0.15, 0.2) is 0 Å². The molecule has 4 fully saturated rings. The number of Topliss-reactive ketones (excluding diaryl/α,β-unsaturated/α-hetero) is 1. The van der Waals surface area contributed by atoms with Crippen LogP contribution in [0.3, 0.4) is 0 Å². The van der Waals surface area contributed by atoms with E-state index in [1.807, 2.05) is 20.1 Å². The molecule has 10 atom stereocenters. The summed E-state index contributed by atoms with van der Waals surface area (Å²) in [6.07, 6.45) is 12.5. The van der Waals surface area contributed by atoms with Crippen molar-refractivity contribution >= 4 is 29.4 Å². The summed E-state index contributed by atoms with van der Waals surface area (Å²) in [6.45, 7) is 10.6. The average molecular weight is 549 g/mol. The van der Waals surface area contributed by atoms with Gasteiger partial charge < -0.3 is 15.8 Å². The molecule has 0 bridgehead atoms. The van der Waals surface area contributed by atoms with Gasteiger partial charge in [-0.05, 0) is 124 Å². The van der Waals surface area contributed by atoms with Gasteiger partial charge in [0, 0.05) is 5.92 Å². The molecule has 0 aromatic rings. The van der Waals surface area contributed by atoms with Crippen molar-refractivity contribution in [2.24, 2.45) is 52.1 Å². The number of hydrogen-bond donors (Lipinski definition) is 2. The van der Waals surface area contributed by atoms with E-state index in [0.717, 1.165) is 37.4 Å². The van der Waals surface area contributed by atoms with Gasteiger partial charge in [0.1, 0.15) is 17.9 Å². The van der Waals surface area contributed by atoms with Crippen molar-refractivity contribution in [1.82, 2.24) is 5.32 Å². The van der Waals surface area contributed by atoms with Gasteiger partial charge >= 0.3 is 5.97 Å². The predicted octanol–water partition coefficient (Wildman–Crippen LogP) is 5.37. The molecule has 0 aromatic heterocycles. The number of rotatable bonds is 9. The van der Waals surface area contributed by atoms with Crippen molar-refractivity contribution in [3.05, 3.63) is 0 Å². The van der Waals surface area contributed by atoms with Crippen molar-refractivity contribution in [3.8, 4) is 0 Å². The third-order valence-corrected chi connectivity index (χ3v) is 12.3. The molecule has 38 heavy (non-hydrogen) atoms. The summed E-state index contributed by atoms with van der Waals surface area (Å²) in [5, 5.41) is 2.88. The number of amides is 1. The lowest BCUT2D eigenvalue weighted by Gasteiger charge is -2.61. The monoisotopic (exact) mass is 548 g/mol. The predicted molar refractivity (Wildman–Crippen MR) is 154 cm³/mol. The Labute approximate surface area is 234 Å². The van der Waals surface area contributed by atoms with Crippen molar-refractivity contribution in [3.63, 3.8) is 0 Å². The molecule has 1 amide bonds. The second-order valence-corrected chi connectivity index (χ2v) is 14.9. The molecule has 0 aliphatic heterocycles. The molecule has 6 nitrogen and oxygen atoms in total. The summed E-state index contributed by atoms with van der Waals surface area (Å²) in [4.78, 5) is 38.3. The number of esters is 1. The highest BCUT2D eigenvalue weighted by Gasteiger charge is 2.61. The van der Waals surface area contributed by atoms with Crippen LogP contribution in [-0.4, -0.2) is 47.9 Å². The first-order chi connectivity index (χ1) is 17.9. The first-order valence-electron chi connectivity index (χ1n) is 15.2. The molecule has 4 aliphatic rings. The quantitative estimate of drug-likeness (QED) is 0.376. The molecule has 216 valence electrons. The van der Waals surface area contributed by atoms with Gasteiger partial charge in [-0.25, -0.2) is 4.79 Å². The Kier molecular flexibility index (Phi) is 9.28. The first-order valence-corrected chi connectivity index (χ1v) is 16.6. The smallest absolute Gasteiger partial charge is 0.328 e. The highest BCUT2D eigenvalue weighted by molar-refractivity contribution is 7.98. The number of nitrogens with two attached hydrogens (primary N) is 1. The summed E-state index contributed by atoms with van der Waals surface area (Å²) in [7, 11) is 0. The number of ketones is 1. The van der Waals surface area contributed by atoms with Gasteiger partial charge in [-0.3, -0.25) is 9.59 Å². The number of ether oxygens (including phenoxy) is 1. The van der Waals surface area contributed by atoms with E-state index in [1.54, 1.807) is 18.7 Å². The highest BCUT2D eigenvalue weighted by Crippen LogP contribution is 2.67. The summed E-state index contributed by atoms with van der Waals surface area (Å²) in [5.41, 5.74) is 6.52. The van der Waals surface area contributed by atoms with Gasteiger partial charge in [-0.2, -0.15) is 11.8 Å². The van der Waals surface area contributed by atoms with Gasteiger partial charge in [0.2, 0.25) is 5.91 Å². The van der Waals surface area contributed by atoms with Crippen LogP contribution >= 0.6 is 11.8 Å². The van der Waals surface area contributed by atoms with Crippen LogP contribution < -0.4 is 11.1 Å². The van der Waals surface area contributed by atoms with Crippen molar-refractivity contribution in [2.45, 2.75) is 117 Å². The van der Waals surface area contributed by atoms with Crippen molar-refractivity contribution in [2.75, 3.05) is 12.0 Å². The third-order valence-electron chi connectivity index (χ3n) is 11.6. The lowest BCUT2D eigenvalue weighted by Crippen LogP contribution is -2.55. The zero-order chi connectivity index (χ0) is 27.8. The van der Waals surface area contributed by atoms with Crippen molar-refractivity contribution in [1.29, 1.82) is 0 Å². The van der Waals surface area contributed by atoms with Crippen LogP contribution in [0.1, 0.15) is 98.8 Å². The molecule has 0 radical (unpaired) electrons. The molecular formula is C31H52N2O4S. The van der Waals surface area contributed by atoms with Crippen LogP contribution in [0.2, 0.25) is 0 Å². The van der Waals surface area contributed by atoms with Crippen LogP contribution in [-0.2, 0) is 19.1 Å². The second-order valence-electron chi connectivity index (χ2n) is 13.9. The molecule has 0 saturated heterocycles. The molecular weight excluding hydrogens is 496 g/mol. The normalized spacial score (nSPS) is 39.9. The summed E-state index contributed by atoms with van der Waals surface area (Å²) < 4.78 is 6.11. The number of fused-ring (bicyclic) bond motifs is 5. The Bertz CT molecular complexity index is 895. The summed E-state index contributed by atoms with van der Waals surface area (Å²) >= 11 is 1.66. The van der Waals surface area contributed by atoms with E-state index in [9.17, 15) is 14.4 Å². The number of hydrogen-bond acceptors (Lipinski definition) is 6. The molecule has 3 N–H and O–H groups in total. The minimum Gasteiger partial charge on any atom is -0.461 e. The maximum absolute atomic E-state index is 13.2. The number of carbonyl (C=O) groups is 3. The Hall–Kier alpha value is -1.08. The third kappa shape index (κ3) is 5.57. The maximum atomic E-state index is 13.2. The fourth-order valence-electron chi connectivity index (χ4n) is 9.30. The first kappa shape index (κ1) is 29.9. The Balaban J connectivity index is 1.39. The molecule has 7 heteroatoms. The van der Waals surface area contributed by atoms with Crippen LogP contribution in [0.25, 0.3) is 0 Å². The number of thioether (sulfide) groups is 1. The molecule has 4 rings (SSSR count). The second kappa shape index (κ2) is 11.8. The van der Waals surface area contributed by atoms with Crippen LogP contribution in [0, 0.1) is 46.3 Å². The van der Waals surface area contributed by atoms with Crippen LogP contribution in [0.4, 0.5) is 0 Å². The Morgan fingerprint density at radius 3 is 2.34 bits per heavy atom. The molecule has 0 spiro atoms. The fraction of sp³-hybridized carbons (Fsp3) is 0.903. The van der Waals surface area contributed by atoms with Gasteiger partial charge in [0.05, 0.1) is 6.04 Å². The topological polar surface area (TPSA) is 98.5 Å². The zero-order valence-electron chi connectivity index (χ0n) is 24.6. The largest absolute Gasteiger partial charge is 0.461 e. The zero-order valence-corrected chi connectivity index (χ0v) is 25.4. The lowest BCUT2D eigenvalue weighted by molar-refractivity contribution is -0.165. The fourth-order valence-corrected chi connectivity index (χ4v) is 9.77. The van der Waals surface area contributed by atoms with Gasteiger partial charge in [-0.1, -0.05) is 27.7 Å². The summed E-state index contributed by atoms with van der Waals surface area (Å²) in [6, 6.07) is -1.27. The minimum atomic E-state index is -0.642. The molecule has 0 unspecified atom stereocenters. The molecule has 4 aliphatic carbocycles. The Morgan fingerprint density at radius 1 is 1.00 bits per heavy atom. The lowest BCUT2D eigenvalue weighted by atomic mass is 9.44. The molecule has 4 saturated carbocycles. The van der Waals surface area contributed by atoms with Crippen LogP contribution in [0.15, 0.2) is 0 Å². The van der Waals surface area contributed by atoms with E-state index < -0.39 is 12.1 Å². The van der Waals surface area contributed by atoms with E-state index >= 15 is 0 Å². The number of carbonyl (C=O) groups excluding carboxylic acids is 3. The van der Waals surface area contributed by atoms with E-state index in [-0.39, 0.29) is 40.6 Å². The minimum absolute atomic E-state index is 0.00797. The van der Waals surface area contributed by atoms with E-state index in [2.05, 4.69) is 19.2 Å². The molecule has 0 aromatic carbocycles. The van der Waals surface area contributed by atoms with Crippen LogP contribution in [0.5, 0.6) is 0 Å². The van der Waals surface area contributed by atoms with E-state index in [1.165, 1.54) is 32.1 Å². The van der Waals surface area contributed by atoms with Crippen molar-refractivity contribution < 1.29 is 19.1 Å². The van der Waals surface area contributed by atoms with E-state index in [0.29, 0.717) is 30.0 Å².